The Bertz CT molecular complexity index is 1470. The summed E-state index contributed by atoms with van der Waals surface area (Å²) < 4.78 is 5.40. The maximum Gasteiger partial charge on any atom is 0.259 e. The number of hydrogen-bond donors (Lipinski definition) is 2. The van der Waals surface area contributed by atoms with Crippen molar-refractivity contribution in [2.75, 3.05) is 22.6 Å². The van der Waals surface area contributed by atoms with Crippen LogP contribution in [-0.4, -0.2) is 24.8 Å². The molecule has 7 nitrogen and oxygen atoms in total. The van der Waals surface area contributed by atoms with E-state index >= 15 is 0 Å². The van der Waals surface area contributed by atoms with E-state index in [-0.39, 0.29) is 24.1 Å². The molecule has 1 aliphatic heterocycles. The van der Waals surface area contributed by atoms with Crippen LogP contribution in [-0.2, 0) is 16.0 Å². The lowest BCUT2D eigenvalue weighted by molar-refractivity contribution is -0.124. The van der Waals surface area contributed by atoms with Crippen LogP contribution in [0.3, 0.4) is 0 Å². The number of aryl methyl sites for hydroxylation is 1. The van der Waals surface area contributed by atoms with E-state index in [1.807, 2.05) is 55.5 Å². The molecule has 4 aromatic rings. The molecule has 7 heteroatoms. The van der Waals surface area contributed by atoms with E-state index in [1.54, 1.807) is 42.3 Å². The highest BCUT2D eigenvalue weighted by atomic mass is 16.5. The molecule has 0 atom stereocenters. The molecule has 5 rings (SSSR count). The van der Waals surface area contributed by atoms with Gasteiger partial charge in [-0.3, -0.25) is 19.3 Å². The van der Waals surface area contributed by atoms with Crippen molar-refractivity contribution < 1.29 is 19.1 Å². The fourth-order valence-corrected chi connectivity index (χ4v) is 4.58. The van der Waals surface area contributed by atoms with Gasteiger partial charge < -0.3 is 15.4 Å². The van der Waals surface area contributed by atoms with E-state index < -0.39 is 0 Å². The SMILES string of the molecule is CCc1cccc(OC)c1C(=O)Nc1ccc(N2C(=O)CC(=O)Nc3c2ccc2ccccc32)cc1. The summed E-state index contributed by atoms with van der Waals surface area (Å²) in [5.74, 6) is -0.443. The zero-order chi connectivity index (χ0) is 25.2. The quantitative estimate of drug-likeness (QED) is 0.361. The second kappa shape index (κ2) is 9.54. The molecule has 0 fully saturated rings. The van der Waals surface area contributed by atoms with E-state index in [1.165, 1.54) is 0 Å². The third-order valence-electron chi connectivity index (χ3n) is 6.30. The highest BCUT2D eigenvalue weighted by Crippen LogP contribution is 2.40. The number of nitrogens with one attached hydrogen (secondary N) is 2. The summed E-state index contributed by atoms with van der Waals surface area (Å²) in [6, 6.07) is 24.0. The number of hydrogen-bond acceptors (Lipinski definition) is 4. The Morgan fingerprint density at radius 3 is 2.50 bits per heavy atom. The van der Waals surface area contributed by atoms with Crippen LogP contribution >= 0.6 is 0 Å². The number of carbonyl (C=O) groups excluding carboxylic acids is 3. The van der Waals surface area contributed by atoms with Crippen molar-refractivity contribution in [3.63, 3.8) is 0 Å². The van der Waals surface area contributed by atoms with Crippen LogP contribution in [0, 0.1) is 0 Å². The standard InChI is InChI=1S/C29H25N3O4/c1-3-18-8-6-10-24(36-2)27(18)29(35)30-20-12-14-21(15-13-20)32-23-16-11-19-7-4-5-9-22(19)28(23)31-25(33)17-26(32)34/h4-16H,3,17H2,1-2H3,(H,30,35)(H,31,33). The van der Waals surface area contributed by atoms with Gasteiger partial charge in [0.25, 0.3) is 5.91 Å². The number of methoxy groups -OCH3 is 1. The van der Waals surface area contributed by atoms with Crippen LogP contribution in [0.4, 0.5) is 22.7 Å². The normalized spacial score (nSPS) is 13.1. The molecule has 0 saturated heterocycles. The summed E-state index contributed by atoms with van der Waals surface area (Å²) in [5.41, 5.74) is 3.76. The Hall–Kier alpha value is -4.65. The third-order valence-corrected chi connectivity index (χ3v) is 6.30. The molecular formula is C29H25N3O4. The molecule has 0 saturated carbocycles. The lowest BCUT2D eigenvalue weighted by Crippen LogP contribution is -2.26. The van der Waals surface area contributed by atoms with Crippen LogP contribution in [0.15, 0.2) is 78.9 Å². The first kappa shape index (κ1) is 23.1. The molecule has 180 valence electrons. The van der Waals surface area contributed by atoms with E-state index in [0.717, 1.165) is 16.3 Å². The minimum absolute atomic E-state index is 0.269. The first-order chi connectivity index (χ1) is 17.5. The van der Waals surface area contributed by atoms with Crippen molar-refractivity contribution in [1.29, 1.82) is 0 Å². The van der Waals surface area contributed by atoms with Crippen molar-refractivity contribution in [3.05, 3.63) is 90.0 Å². The Labute approximate surface area is 208 Å². The van der Waals surface area contributed by atoms with Crippen LogP contribution in [0.25, 0.3) is 10.8 Å². The minimum Gasteiger partial charge on any atom is -0.496 e. The molecular weight excluding hydrogens is 454 g/mol. The Kier molecular flexibility index (Phi) is 6.12. The topological polar surface area (TPSA) is 87.7 Å². The van der Waals surface area contributed by atoms with E-state index in [2.05, 4.69) is 10.6 Å². The minimum atomic E-state index is -0.354. The highest BCUT2D eigenvalue weighted by molar-refractivity contribution is 6.21. The summed E-state index contributed by atoms with van der Waals surface area (Å²) in [6.07, 6.45) is 0.423. The lowest BCUT2D eigenvalue weighted by atomic mass is 10.0. The fraction of sp³-hybridized carbons (Fsp3) is 0.138. The van der Waals surface area contributed by atoms with Gasteiger partial charge in [0.2, 0.25) is 11.8 Å². The first-order valence-electron chi connectivity index (χ1n) is 11.7. The lowest BCUT2D eigenvalue weighted by Gasteiger charge is -2.23. The van der Waals surface area contributed by atoms with Crippen molar-refractivity contribution in [2.24, 2.45) is 0 Å². The van der Waals surface area contributed by atoms with Gasteiger partial charge in [-0.25, -0.2) is 0 Å². The Morgan fingerprint density at radius 2 is 1.75 bits per heavy atom. The Morgan fingerprint density at radius 1 is 0.972 bits per heavy atom. The summed E-state index contributed by atoms with van der Waals surface area (Å²) in [4.78, 5) is 40.2. The van der Waals surface area contributed by atoms with E-state index in [9.17, 15) is 14.4 Å². The van der Waals surface area contributed by atoms with Gasteiger partial charge in [0.15, 0.2) is 0 Å². The number of rotatable bonds is 5. The average molecular weight is 480 g/mol. The van der Waals surface area contributed by atoms with Gasteiger partial charge in [0, 0.05) is 16.8 Å². The van der Waals surface area contributed by atoms with Crippen molar-refractivity contribution in [1.82, 2.24) is 0 Å². The maximum atomic E-state index is 13.1. The summed E-state index contributed by atoms with van der Waals surface area (Å²) in [7, 11) is 1.54. The molecule has 3 amide bonds. The third kappa shape index (κ3) is 4.15. The second-order valence-corrected chi connectivity index (χ2v) is 8.48. The molecule has 0 unspecified atom stereocenters. The highest BCUT2D eigenvalue weighted by Gasteiger charge is 2.28. The molecule has 4 aromatic carbocycles. The summed E-state index contributed by atoms with van der Waals surface area (Å²) in [6.45, 7) is 1.99. The molecule has 0 radical (unpaired) electrons. The van der Waals surface area contributed by atoms with Gasteiger partial charge in [-0.05, 0) is 53.8 Å². The first-order valence-corrected chi connectivity index (χ1v) is 11.7. The monoisotopic (exact) mass is 479 g/mol. The van der Waals surface area contributed by atoms with Crippen LogP contribution in [0.2, 0.25) is 0 Å². The predicted molar refractivity (Wildman–Crippen MR) is 141 cm³/mol. The van der Waals surface area contributed by atoms with Gasteiger partial charge in [0.05, 0.1) is 24.0 Å². The van der Waals surface area contributed by atoms with E-state index in [0.29, 0.717) is 40.5 Å². The van der Waals surface area contributed by atoms with Crippen LogP contribution in [0.5, 0.6) is 5.75 Å². The number of nitrogens with zero attached hydrogens (tertiary/aromatic N) is 1. The largest absolute Gasteiger partial charge is 0.496 e. The van der Waals surface area contributed by atoms with Gasteiger partial charge in [0.1, 0.15) is 12.2 Å². The van der Waals surface area contributed by atoms with Crippen LogP contribution in [0.1, 0.15) is 29.3 Å². The van der Waals surface area contributed by atoms with Gasteiger partial charge in [-0.15, -0.1) is 0 Å². The Balaban J connectivity index is 1.48. The van der Waals surface area contributed by atoms with Gasteiger partial charge >= 0.3 is 0 Å². The van der Waals surface area contributed by atoms with Crippen molar-refractivity contribution in [3.8, 4) is 5.75 Å². The molecule has 0 spiro atoms. The average Bonchev–Trinajstić information content (AvgIpc) is 3.03. The van der Waals surface area contributed by atoms with Crippen LogP contribution < -0.4 is 20.3 Å². The summed E-state index contributed by atoms with van der Waals surface area (Å²) in [5, 5.41) is 7.65. The predicted octanol–water partition coefficient (Wildman–Crippen LogP) is 5.67. The summed E-state index contributed by atoms with van der Waals surface area (Å²) >= 11 is 0. The van der Waals surface area contributed by atoms with Crippen molar-refractivity contribution >= 4 is 51.2 Å². The van der Waals surface area contributed by atoms with Crippen molar-refractivity contribution in [2.45, 2.75) is 19.8 Å². The molecule has 1 aliphatic rings. The number of fused-ring (bicyclic) bond motifs is 3. The van der Waals surface area contributed by atoms with Gasteiger partial charge in [-0.2, -0.15) is 0 Å². The zero-order valence-corrected chi connectivity index (χ0v) is 20.0. The number of anilines is 4. The maximum absolute atomic E-state index is 13.1. The molecule has 0 aliphatic carbocycles. The van der Waals surface area contributed by atoms with E-state index in [4.69, 9.17) is 4.74 Å². The zero-order valence-electron chi connectivity index (χ0n) is 20.0. The fourth-order valence-electron chi connectivity index (χ4n) is 4.58. The molecule has 36 heavy (non-hydrogen) atoms. The molecule has 2 N–H and O–H groups in total. The van der Waals surface area contributed by atoms with Gasteiger partial charge in [-0.1, -0.05) is 49.4 Å². The smallest absolute Gasteiger partial charge is 0.259 e. The number of benzene rings is 4. The second-order valence-electron chi connectivity index (χ2n) is 8.48. The number of amides is 3. The number of ether oxygens (including phenoxy) is 1. The molecule has 0 bridgehead atoms. The molecule has 0 aromatic heterocycles. The molecule has 1 heterocycles. The number of carbonyl (C=O) groups is 3.